The molecule has 1 aliphatic heterocycles. The molecule has 39 valence electrons. The zero-order valence-corrected chi connectivity index (χ0v) is 5.03. The number of rotatable bonds is 0. The van der Waals surface area contributed by atoms with Crippen molar-refractivity contribution in [2.24, 2.45) is 4.99 Å². The monoisotopic (exact) mass is 122 g/mol. The zero-order valence-electron chi connectivity index (χ0n) is 4.22. The SMILES string of the molecule is [C]1=c2ccsc2=NC1. The summed E-state index contributed by atoms with van der Waals surface area (Å²) in [5.74, 6) is 0. The second-order valence-corrected chi connectivity index (χ2v) is 2.53. The molecule has 0 fully saturated rings. The molecule has 0 aromatic carbocycles. The van der Waals surface area contributed by atoms with Gasteiger partial charge in [0.1, 0.15) is 4.67 Å². The van der Waals surface area contributed by atoms with E-state index in [0.717, 1.165) is 11.2 Å². The van der Waals surface area contributed by atoms with Gasteiger partial charge in [0.25, 0.3) is 0 Å². The molecule has 0 spiro atoms. The molecule has 0 saturated carbocycles. The molecular formula is C6H4NS. The van der Waals surface area contributed by atoms with Gasteiger partial charge in [-0.1, -0.05) is 0 Å². The van der Waals surface area contributed by atoms with Crippen LogP contribution < -0.4 is 9.89 Å². The molecule has 1 aliphatic rings. The summed E-state index contributed by atoms with van der Waals surface area (Å²) >= 11 is 1.68. The van der Waals surface area contributed by atoms with E-state index in [1.54, 1.807) is 11.3 Å². The second-order valence-electron chi connectivity index (χ2n) is 1.63. The summed E-state index contributed by atoms with van der Waals surface area (Å²) in [6.07, 6.45) is 3.12. The topological polar surface area (TPSA) is 12.4 Å². The van der Waals surface area contributed by atoms with E-state index in [2.05, 4.69) is 17.1 Å². The highest BCUT2D eigenvalue weighted by molar-refractivity contribution is 7.07. The molecule has 0 saturated heterocycles. The lowest BCUT2D eigenvalue weighted by molar-refractivity contribution is 1.26. The van der Waals surface area contributed by atoms with E-state index in [-0.39, 0.29) is 0 Å². The Morgan fingerprint density at radius 1 is 1.75 bits per heavy atom. The van der Waals surface area contributed by atoms with Gasteiger partial charge in [0.2, 0.25) is 0 Å². The van der Waals surface area contributed by atoms with Crippen LogP contribution in [-0.2, 0) is 0 Å². The summed E-state index contributed by atoms with van der Waals surface area (Å²) in [6.45, 7) is 0.766. The molecule has 1 aromatic rings. The Morgan fingerprint density at radius 2 is 2.75 bits per heavy atom. The standard InChI is InChI=1S/C6H4NS/c1-3-7-6-5(1)2-4-8-6/h2,4H,3H2. The molecule has 0 unspecified atom stereocenters. The molecule has 8 heavy (non-hydrogen) atoms. The van der Waals surface area contributed by atoms with Gasteiger partial charge >= 0.3 is 0 Å². The molecule has 0 atom stereocenters. The van der Waals surface area contributed by atoms with Gasteiger partial charge in [0, 0.05) is 5.22 Å². The van der Waals surface area contributed by atoms with Gasteiger partial charge in [-0.15, -0.1) is 11.3 Å². The van der Waals surface area contributed by atoms with E-state index in [0.29, 0.717) is 0 Å². The van der Waals surface area contributed by atoms with E-state index in [1.807, 2.05) is 5.38 Å². The van der Waals surface area contributed by atoms with Crippen LogP contribution >= 0.6 is 11.3 Å². The van der Waals surface area contributed by atoms with Crippen LogP contribution in [0.3, 0.4) is 0 Å². The van der Waals surface area contributed by atoms with E-state index in [9.17, 15) is 0 Å². The van der Waals surface area contributed by atoms with Gasteiger partial charge in [-0.2, -0.15) is 0 Å². The quantitative estimate of drug-likeness (QED) is 0.460. The smallest absolute Gasteiger partial charge is 0.118 e. The van der Waals surface area contributed by atoms with Crippen LogP contribution in [0.1, 0.15) is 0 Å². The number of thiophene rings is 1. The van der Waals surface area contributed by atoms with Crippen molar-refractivity contribution in [2.75, 3.05) is 6.54 Å². The van der Waals surface area contributed by atoms with Crippen LogP contribution in [0.15, 0.2) is 16.4 Å². The summed E-state index contributed by atoms with van der Waals surface area (Å²) in [5, 5.41) is 3.23. The predicted molar refractivity (Wildman–Crippen MR) is 33.4 cm³/mol. The zero-order chi connectivity index (χ0) is 5.40. The Hall–Kier alpha value is -0.630. The van der Waals surface area contributed by atoms with E-state index in [1.165, 1.54) is 5.22 Å². The van der Waals surface area contributed by atoms with Gasteiger partial charge in [-0.25, -0.2) is 0 Å². The van der Waals surface area contributed by atoms with Crippen LogP contribution in [-0.4, -0.2) is 6.54 Å². The van der Waals surface area contributed by atoms with Crippen LogP contribution in [0.25, 0.3) is 6.08 Å². The predicted octanol–water partition coefficient (Wildman–Crippen LogP) is 0.0388. The van der Waals surface area contributed by atoms with E-state index < -0.39 is 0 Å². The first-order valence-corrected chi connectivity index (χ1v) is 3.33. The third kappa shape index (κ3) is 0.434. The van der Waals surface area contributed by atoms with Gasteiger partial charge in [-0.05, 0) is 17.5 Å². The van der Waals surface area contributed by atoms with Crippen molar-refractivity contribution >= 4 is 17.4 Å². The third-order valence-corrected chi connectivity index (χ3v) is 1.98. The Kier molecular flexibility index (Phi) is 0.758. The maximum Gasteiger partial charge on any atom is 0.118 e. The first-order valence-electron chi connectivity index (χ1n) is 2.46. The molecule has 0 N–H and O–H groups in total. The second kappa shape index (κ2) is 1.42. The summed E-state index contributed by atoms with van der Waals surface area (Å²) in [5.41, 5.74) is 0. The molecule has 2 rings (SSSR count). The first kappa shape index (κ1) is 4.27. The Balaban J connectivity index is 3.08. The van der Waals surface area contributed by atoms with E-state index >= 15 is 0 Å². The largest absolute Gasteiger partial charge is 0.269 e. The highest BCUT2D eigenvalue weighted by Gasteiger charge is 1.92. The lowest BCUT2D eigenvalue weighted by Crippen LogP contribution is -2.12. The fraction of sp³-hybridized carbons (Fsp3) is 0.167. The molecule has 0 aliphatic carbocycles. The molecule has 1 radical (unpaired) electrons. The molecule has 1 aromatic heterocycles. The highest BCUT2D eigenvalue weighted by Crippen LogP contribution is 1.85. The minimum atomic E-state index is 0.766. The summed E-state index contributed by atoms with van der Waals surface area (Å²) in [7, 11) is 0. The fourth-order valence-corrected chi connectivity index (χ4v) is 1.49. The number of nitrogens with zero attached hydrogens (tertiary/aromatic N) is 1. The van der Waals surface area contributed by atoms with Crippen LogP contribution in [0.2, 0.25) is 0 Å². The van der Waals surface area contributed by atoms with E-state index in [4.69, 9.17) is 0 Å². The van der Waals surface area contributed by atoms with Crippen LogP contribution in [0.5, 0.6) is 0 Å². The van der Waals surface area contributed by atoms with Crippen LogP contribution in [0.4, 0.5) is 0 Å². The average Bonchev–Trinajstić information content (AvgIpc) is 2.15. The Labute approximate surface area is 51.0 Å². The average molecular weight is 122 g/mol. The van der Waals surface area contributed by atoms with Gasteiger partial charge in [0.15, 0.2) is 0 Å². The minimum Gasteiger partial charge on any atom is -0.269 e. The van der Waals surface area contributed by atoms with Crippen molar-refractivity contribution in [3.63, 3.8) is 0 Å². The fourth-order valence-electron chi connectivity index (χ4n) is 0.755. The van der Waals surface area contributed by atoms with Gasteiger partial charge < -0.3 is 0 Å². The molecule has 0 bridgehead atoms. The normalized spacial score (nSPS) is 14.5. The maximum absolute atomic E-state index is 4.17. The summed E-state index contributed by atoms with van der Waals surface area (Å²) < 4.78 is 1.14. The molecular weight excluding hydrogens is 118 g/mol. The van der Waals surface area contributed by atoms with Crippen molar-refractivity contribution in [1.29, 1.82) is 0 Å². The number of hydrogen-bond acceptors (Lipinski definition) is 2. The third-order valence-electron chi connectivity index (χ3n) is 1.14. The summed E-state index contributed by atoms with van der Waals surface area (Å²) in [4.78, 5) is 4.17. The molecule has 2 heterocycles. The highest BCUT2D eigenvalue weighted by atomic mass is 32.1. The molecule has 1 nitrogen and oxygen atoms in total. The Bertz CT molecular complexity index is 268. The molecule has 2 heteroatoms. The lowest BCUT2D eigenvalue weighted by atomic mass is 10.4. The Morgan fingerprint density at radius 3 is 3.62 bits per heavy atom. The first-order chi connectivity index (χ1) is 3.97. The van der Waals surface area contributed by atoms with Crippen molar-refractivity contribution in [3.05, 3.63) is 21.3 Å². The van der Waals surface area contributed by atoms with Crippen LogP contribution in [0, 0.1) is 0 Å². The maximum atomic E-state index is 4.17. The minimum absolute atomic E-state index is 0.766. The number of hydrogen-bond donors (Lipinski definition) is 0. The van der Waals surface area contributed by atoms with Gasteiger partial charge in [0.05, 0.1) is 6.54 Å². The van der Waals surface area contributed by atoms with Crippen molar-refractivity contribution < 1.29 is 0 Å². The summed E-state index contributed by atoms with van der Waals surface area (Å²) in [6, 6.07) is 2.05. The number of fused-ring (bicyclic) bond motifs is 1. The lowest BCUT2D eigenvalue weighted by Gasteiger charge is -1.64. The van der Waals surface area contributed by atoms with Gasteiger partial charge in [-0.3, -0.25) is 4.99 Å². The molecule has 0 amide bonds. The van der Waals surface area contributed by atoms with Crippen molar-refractivity contribution in [1.82, 2.24) is 0 Å². The van der Waals surface area contributed by atoms with Crippen molar-refractivity contribution in [3.8, 4) is 0 Å². The van der Waals surface area contributed by atoms with Crippen molar-refractivity contribution in [2.45, 2.75) is 0 Å².